The number of rotatable bonds is 9. The van der Waals surface area contributed by atoms with Gasteiger partial charge in [-0.25, -0.2) is 0 Å². The van der Waals surface area contributed by atoms with Gasteiger partial charge in [0.15, 0.2) is 0 Å². The van der Waals surface area contributed by atoms with Crippen LogP contribution in [0.4, 0.5) is 0 Å². The van der Waals surface area contributed by atoms with Crippen LogP contribution in [0.3, 0.4) is 0 Å². The Morgan fingerprint density at radius 3 is 0.322 bits per heavy atom. The molecule has 0 aliphatic heterocycles. The molecule has 0 aliphatic carbocycles. The van der Waals surface area contributed by atoms with Gasteiger partial charge in [-0.3, -0.25) is 0 Å². The van der Waals surface area contributed by atoms with Crippen molar-refractivity contribution < 1.29 is 17.1 Å². The fourth-order valence-corrected chi connectivity index (χ4v) is 23.2. The van der Waals surface area contributed by atoms with Crippen LogP contribution in [-0.4, -0.2) is 61.9 Å². The summed E-state index contributed by atoms with van der Waals surface area (Å²) < 4.78 is 13.5. The third kappa shape index (κ3) is 13.4. The first-order valence-corrected chi connectivity index (χ1v) is 28.9. The molecule has 281 valence electrons. The Hall–Kier alpha value is -4.27. The predicted octanol–water partition coefficient (Wildman–Crippen LogP) is 6.23. The van der Waals surface area contributed by atoms with Gasteiger partial charge in [-0.15, -0.1) is 0 Å². The molecule has 0 fully saturated rings. The second-order valence-electron chi connectivity index (χ2n) is 13.4. The first-order chi connectivity index (χ1) is 28.3. The molecule has 0 aliphatic rings. The molecule has 5 radical (unpaired) electrons. The van der Waals surface area contributed by atoms with Gasteiger partial charge in [-0.05, 0) is 0 Å². The van der Waals surface area contributed by atoms with Crippen molar-refractivity contribution in [2.24, 2.45) is 0 Å². The molecule has 9 aromatic rings. The van der Waals surface area contributed by atoms with E-state index >= 15 is 0 Å². The van der Waals surface area contributed by atoms with Crippen molar-refractivity contribution in [1.82, 2.24) is 0 Å². The first-order valence-electron chi connectivity index (χ1n) is 19.4. The summed E-state index contributed by atoms with van der Waals surface area (Å²) in [4.78, 5) is 0. The summed E-state index contributed by atoms with van der Waals surface area (Å²) in [5.41, 5.74) is 0. The van der Waals surface area contributed by atoms with E-state index in [1.165, 1.54) is 39.6 Å². The molecular formula is C54H45Ge3LiMn. The zero-order valence-corrected chi connectivity index (χ0v) is 40.8. The maximum absolute atomic E-state index is 2.27. The minimum absolute atomic E-state index is 0. The van der Waals surface area contributed by atoms with Gasteiger partial charge >= 0.3 is 356 Å². The summed E-state index contributed by atoms with van der Waals surface area (Å²) >= 11 is -4.90. The van der Waals surface area contributed by atoms with Crippen LogP contribution in [-0.2, 0) is 17.1 Å². The van der Waals surface area contributed by atoms with Gasteiger partial charge in [0.05, 0.1) is 0 Å². The SMILES string of the molecule is [Li].[Mn].c1cc[c]([Ge]([c]2ccccc2)[c]2ccccc2)cc1.c1cc[c]([Ge]([c]2ccccc2)[c]2ccccc2)cc1.c1cc[c]([Ge]([c]2ccccc2)[c]2ccccc2)cc1. The quantitative estimate of drug-likeness (QED) is 0.151. The van der Waals surface area contributed by atoms with E-state index < -0.39 is 43.0 Å². The van der Waals surface area contributed by atoms with Gasteiger partial charge in [0.1, 0.15) is 0 Å². The van der Waals surface area contributed by atoms with E-state index in [1.807, 2.05) is 0 Å². The predicted molar refractivity (Wildman–Crippen MR) is 258 cm³/mol. The van der Waals surface area contributed by atoms with Gasteiger partial charge in [0, 0.05) is 35.9 Å². The normalized spacial score (nSPS) is 10.2. The van der Waals surface area contributed by atoms with Crippen molar-refractivity contribution in [3.8, 4) is 0 Å². The van der Waals surface area contributed by atoms with E-state index in [4.69, 9.17) is 0 Å². The number of hydrogen-bond acceptors (Lipinski definition) is 0. The molecule has 0 heterocycles. The van der Waals surface area contributed by atoms with E-state index in [0.717, 1.165) is 0 Å². The second kappa shape index (κ2) is 25.4. The molecule has 0 bridgehead atoms. The summed E-state index contributed by atoms with van der Waals surface area (Å²) in [7, 11) is 0. The molecule has 0 amide bonds. The molecule has 9 rings (SSSR count). The monoisotopic (exact) mass is 977 g/mol. The molecular weight excluding hydrogens is 928 g/mol. The number of hydrogen-bond donors (Lipinski definition) is 0. The first kappa shape index (κ1) is 45.8. The fourth-order valence-electron chi connectivity index (χ4n) is 6.94. The van der Waals surface area contributed by atoms with Gasteiger partial charge in [-0.1, -0.05) is 0 Å². The van der Waals surface area contributed by atoms with Crippen LogP contribution in [0, 0.1) is 0 Å². The van der Waals surface area contributed by atoms with Crippen molar-refractivity contribution in [2.75, 3.05) is 0 Å². The van der Waals surface area contributed by atoms with Crippen LogP contribution in [0.5, 0.6) is 0 Å². The number of benzene rings is 9. The van der Waals surface area contributed by atoms with Crippen LogP contribution in [0.15, 0.2) is 273 Å². The third-order valence-corrected chi connectivity index (χ3v) is 26.8. The van der Waals surface area contributed by atoms with Crippen LogP contribution in [0.2, 0.25) is 0 Å². The average molecular weight is 974 g/mol. The fraction of sp³-hybridized carbons (Fsp3) is 0. The summed E-state index contributed by atoms with van der Waals surface area (Å²) in [6.07, 6.45) is 0. The third-order valence-electron chi connectivity index (χ3n) is 9.56. The van der Waals surface area contributed by atoms with Gasteiger partial charge < -0.3 is 0 Å². The molecule has 0 nitrogen and oxygen atoms in total. The van der Waals surface area contributed by atoms with E-state index in [1.54, 1.807) is 0 Å². The standard InChI is InChI=1S/3C18H15Ge.Li.Mn/c3*1-4-10-16(11-5-1)19(17-12-6-2-7-13-17)18-14-8-3-9-15-18;;/h3*1-15H;;. The van der Waals surface area contributed by atoms with Crippen LogP contribution in [0.1, 0.15) is 0 Å². The topological polar surface area (TPSA) is 0 Å². The average Bonchev–Trinajstić information content (AvgIpc) is 3.30. The van der Waals surface area contributed by atoms with Crippen molar-refractivity contribution in [1.29, 1.82) is 0 Å². The molecule has 0 saturated heterocycles. The molecule has 0 aromatic heterocycles. The van der Waals surface area contributed by atoms with Crippen LogP contribution >= 0.6 is 0 Å². The molecule has 0 atom stereocenters. The van der Waals surface area contributed by atoms with E-state index in [2.05, 4.69) is 273 Å². The van der Waals surface area contributed by atoms with Gasteiger partial charge in [0.25, 0.3) is 0 Å². The second-order valence-corrected chi connectivity index (χ2v) is 29.0. The Bertz CT molecular complexity index is 1870. The van der Waals surface area contributed by atoms with Crippen LogP contribution < -0.4 is 39.6 Å². The molecule has 9 aromatic carbocycles. The Kier molecular flexibility index (Phi) is 19.7. The van der Waals surface area contributed by atoms with Crippen LogP contribution in [0.25, 0.3) is 0 Å². The van der Waals surface area contributed by atoms with Crippen molar-refractivity contribution in [2.45, 2.75) is 0 Å². The van der Waals surface area contributed by atoms with Crippen molar-refractivity contribution >= 4 is 101 Å². The zero-order valence-electron chi connectivity index (χ0n) is 33.4. The Labute approximate surface area is 387 Å². The Morgan fingerprint density at radius 1 is 0.153 bits per heavy atom. The van der Waals surface area contributed by atoms with Gasteiger partial charge in [0.2, 0.25) is 0 Å². The summed E-state index contributed by atoms with van der Waals surface area (Å²) in [6.45, 7) is 0. The van der Waals surface area contributed by atoms with Gasteiger partial charge in [-0.2, -0.15) is 0 Å². The Balaban J connectivity index is 0.000000165. The maximum atomic E-state index is 2.27. The molecule has 0 saturated carbocycles. The summed E-state index contributed by atoms with van der Waals surface area (Å²) in [5.74, 6) is 0. The van der Waals surface area contributed by atoms with Crippen molar-refractivity contribution in [3.05, 3.63) is 273 Å². The van der Waals surface area contributed by atoms with E-state index in [9.17, 15) is 0 Å². The molecule has 0 spiro atoms. The Morgan fingerprint density at radius 2 is 0.237 bits per heavy atom. The van der Waals surface area contributed by atoms with E-state index in [0.29, 0.717) is 0 Å². The minimum atomic E-state index is -1.63. The summed E-state index contributed by atoms with van der Waals surface area (Å²) in [5, 5.41) is 0. The van der Waals surface area contributed by atoms with Crippen molar-refractivity contribution in [3.63, 3.8) is 0 Å². The molecule has 59 heavy (non-hydrogen) atoms. The molecule has 0 N–H and O–H groups in total. The van der Waals surface area contributed by atoms with E-state index in [-0.39, 0.29) is 35.9 Å². The molecule has 5 heteroatoms. The molecule has 0 unspecified atom stereocenters. The summed E-state index contributed by atoms with van der Waals surface area (Å²) in [6, 6.07) is 98.4. The zero-order chi connectivity index (χ0) is 38.7.